The largest absolute Gasteiger partial charge is 0.0864 e. The van der Waals surface area contributed by atoms with Crippen molar-refractivity contribution < 1.29 is 0 Å². The summed E-state index contributed by atoms with van der Waals surface area (Å²) in [5.41, 5.74) is 0.583. The molecular formula is C19H39I. The summed E-state index contributed by atoms with van der Waals surface area (Å²) in [5, 5.41) is 0. The van der Waals surface area contributed by atoms with Crippen molar-refractivity contribution in [3.63, 3.8) is 0 Å². The maximum absolute atomic E-state index is 2.51. The fourth-order valence-corrected chi connectivity index (χ4v) is 4.29. The monoisotopic (exact) mass is 394 g/mol. The molecule has 0 heterocycles. The van der Waals surface area contributed by atoms with E-state index >= 15 is 0 Å². The number of hydrogen-bond donors (Lipinski definition) is 0. The van der Waals surface area contributed by atoms with Gasteiger partial charge in [0, 0.05) is 4.43 Å². The van der Waals surface area contributed by atoms with Crippen LogP contribution in [0.5, 0.6) is 0 Å². The Morgan fingerprint density at radius 2 is 1.00 bits per heavy atom. The SMILES string of the molecule is CCCCCCCCCCCCCCC(C)(C)CCI. The van der Waals surface area contributed by atoms with Gasteiger partial charge in [0.15, 0.2) is 0 Å². The highest BCUT2D eigenvalue weighted by Gasteiger charge is 2.15. The lowest BCUT2D eigenvalue weighted by Gasteiger charge is -2.23. The van der Waals surface area contributed by atoms with Crippen LogP contribution in [-0.4, -0.2) is 4.43 Å². The molecule has 1 heteroatoms. The molecule has 0 nitrogen and oxygen atoms in total. The topological polar surface area (TPSA) is 0 Å². The van der Waals surface area contributed by atoms with Gasteiger partial charge in [-0.25, -0.2) is 0 Å². The second kappa shape index (κ2) is 14.7. The Bertz CT molecular complexity index is 186. The summed E-state index contributed by atoms with van der Waals surface area (Å²) < 4.78 is 1.31. The van der Waals surface area contributed by atoms with Gasteiger partial charge in [-0.1, -0.05) is 120 Å². The number of hydrogen-bond acceptors (Lipinski definition) is 0. The molecule has 0 aromatic heterocycles. The highest BCUT2D eigenvalue weighted by atomic mass is 127. The third kappa shape index (κ3) is 15.1. The molecule has 0 aliphatic heterocycles. The van der Waals surface area contributed by atoms with E-state index < -0.39 is 0 Å². The van der Waals surface area contributed by atoms with Crippen LogP contribution >= 0.6 is 22.6 Å². The average Bonchev–Trinajstić information content (AvgIpc) is 2.40. The van der Waals surface area contributed by atoms with Crippen LogP contribution in [0.4, 0.5) is 0 Å². The van der Waals surface area contributed by atoms with E-state index in [1.54, 1.807) is 0 Å². The Labute approximate surface area is 143 Å². The molecule has 0 atom stereocenters. The molecule has 0 bridgehead atoms. The minimum absolute atomic E-state index is 0.583. The smallest absolute Gasteiger partial charge is 0.0000352 e. The van der Waals surface area contributed by atoms with Crippen LogP contribution in [0.2, 0.25) is 0 Å². The van der Waals surface area contributed by atoms with Gasteiger partial charge in [-0.3, -0.25) is 0 Å². The van der Waals surface area contributed by atoms with E-state index in [0.29, 0.717) is 5.41 Å². The maximum Gasteiger partial charge on any atom is 0.0000352 e. The quantitative estimate of drug-likeness (QED) is 0.150. The molecule has 0 unspecified atom stereocenters. The molecule has 0 N–H and O–H groups in total. The van der Waals surface area contributed by atoms with Gasteiger partial charge in [-0.05, 0) is 18.3 Å². The van der Waals surface area contributed by atoms with Gasteiger partial charge in [-0.15, -0.1) is 0 Å². The molecule has 0 amide bonds. The van der Waals surface area contributed by atoms with Crippen LogP contribution in [0.25, 0.3) is 0 Å². The van der Waals surface area contributed by atoms with E-state index in [0.717, 1.165) is 0 Å². The summed E-state index contributed by atoms with van der Waals surface area (Å²) in [6, 6.07) is 0. The third-order valence-corrected chi connectivity index (χ3v) is 5.02. The Kier molecular flexibility index (Phi) is 15.2. The van der Waals surface area contributed by atoms with Gasteiger partial charge >= 0.3 is 0 Å². The van der Waals surface area contributed by atoms with Gasteiger partial charge in [-0.2, -0.15) is 0 Å². The first-order valence-corrected chi connectivity index (χ1v) is 10.7. The summed E-state index contributed by atoms with van der Waals surface area (Å²) >= 11 is 2.51. The van der Waals surface area contributed by atoms with Crippen LogP contribution in [0.15, 0.2) is 0 Å². The van der Waals surface area contributed by atoms with Crippen molar-refractivity contribution in [1.82, 2.24) is 0 Å². The zero-order chi connectivity index (χ0) is 15.1. The second-order valence-corrected chi connectivity index (χ2v) is 8.32. The number of halogens is 1. The molecule has 0 aliphatic rings. The molecule has 0 saturated carbocycles. The lowest BCUT2D eigenvalue weighted by atomic mass is 9.84. The van der Waals surface area contributed by atoms with Crippen molar-refractivity contribution in [2.24, 2.45) is 5.41 Å². The summed E-state index contributed by atoms with van der Waals surface area (Å²) in [6.45, 7) is 7.16. The van der Waals surface area contributed by atoms with E-state index in [1.165, 1.54) is 94.3 Å². The Morgan fingerprint density at radius 3 is 1.40 bits per heavy atom. The number of unbranched alkanes of at least 4 members (excludes halogenated alkanes) is 11. The van der Waals surface area contributed by atoms with Crippen LogP contribution < -0.4 is 0 Å². The first-order valence-electron chi connectivity index (χ1n) is 9.18. The van der Waals surface area contributed by atoms with Gasteiger partial charge in [0.1, 0.15) is 0 Å². The second-order valence-electron chi connectivity index (χ2n) is 7.24. The van der Waals surface area contributed by atoms with Gasteiger partial charge in [0.05, 0.1) is 0 Å². The van der Waals surface area contributed by atoms with Gasteiger partial charge in [0.2, 0.25) is 0 Å². The first-order chi connectivity index (χ1) is 9.62. The molecule has 0 aromatic rings. The van der Waals surface area contributed by atoms with Crippen LogP contribution in [0.1, 0.15) is 111 Å². The van der Waals surface area contributed by atoms with Crippen LogP contribution in [0, 0.1) is 5.41 Å². The molecule has 0 aromatic carbocycles. The normalized spacial score (nSPS) is 12.0. The zero-order valence-corrected chi connectivity index (χ0v) is 16.6. The van der Waals surface area contributed by atoms with Crippen LogP contribution in [-0.2, 0) is 0 Å². The molecule has 122 valence electrons. The molecule has 0 radical (unpaired) electrons. The highest BCUT2D eigenvalue weighted by Crippen LogP contribution is 2.28. The van der Waals surface area contributed by atoms with Gasteiger partial charge < -0.3 is 0 Å². The minimum Gasteiger partial charge on any atom is -0.0864 e. The van der Waals surface area contributed by atoms with Crippen molar-refractivity contribution in [3.8, 4) is 0 Å². The Morgan fingerprint density at radius 1 is 0.600 bits per heavy atom. The van der Waals surface area contributed by atoms with Gasteiger partial charge in [0.25, 0.3) is 0 Å². The number of alkyl halides is 1. The first kappa shape index (κ1) is 20.7. The van der Waals surface area contributed by atoms with E-state index in [1.807, 2.05) is 0 Å². The molecule has 0 fully saturated rings. The van der Waals surface area contributed by atoms with Crippen molar-refractivity contribution in [1.29, 1.82) is 0 Å². The molecule has 0 spiro atoms. The fourth-order valence-electron chi connectivity index (χ4n) is 2.83. The highest BCUT2D eigenvalue weighted by molar-refractivity contribution is 14.1. The lowest BCUT2D eigenvalue weighted by Crippen LogP contribution is -2.11. The fraction of sp³-hybridized carbons (Fsp3) is 1.00. The van der Waals surface area contributed by atoms with E-state index in [2.05, 4.69) is 43.4 Å². The van der Waals surface area contributed by atoms with E-state index in [4.69, 9.17) is 0 Å². The summed E-state index contributed by atoms with van der Waals surface area (Å²) in [5.74, 6) is 0. The molecule has 0 rings (SSSR count). The standard InChI is InChI=1S/C19H39I/c1-4-5-6-7-8-9-10-11-12-13-14-15-16-19(2,3)17-18-20/h4-18H2,1-3H3. The molecule has 0 aliphatic carbocycles. The lowest BCUT2D eigenvalue weighted by molar-refractivity contribution is 0.311. The minimum atomic E-state index is 0.583. The van der Waals surface area contributed by atoms with Crippen LogP contribution in [0.3, 0.4) is 0 Å². The number of rotatable bonds is 15. The summed E-state index contributed by atoms with van der Waals surface area (Å²) in [7, 11) is 0. The Hall–Kier alpha value is 0.730. The molecule has 20 heavy (non-hydrogen) atoms. The van der Waals surface area contributed by atoms with Crippen molar-refractivity contribution in [2.75, 3.05) is 4.43 Å². The maximum atomic E-state index is 2.51. The third-order valence-electron chi connectivity index (χ3n) is 4.48. The average molecular weight is 394 g/mol. The summed E-state index contributed by atoms with van der Waals surface area (Å²) in [6.07, 6.45) is 20.3. The van der Waals surface area contributed by atoms with Crippen molar-refractivity contribution >= 4 is 22.6 Å². The van der Waals surface area contributed by atoms with E-state index in [9.17, 15) is 0 Å². The predicted octanol–water partition coefficient (Wildman–Crippen LogP) is 7.93. The molecular weight excluding hydrogens is 355 g/mol. The molecule has 0 saturated heterocycles. The zero-order valence-electron chi connectivity index (χ0n) is 14.5. The summed E-state index contributed by atoms with van der Waals surface area (Å²) in [4.78, 5) is 0. The predicted molar refractivity (Wildman–Crippen MR) is 103 cm³/mol. The Balaban J connectivity index is 3.13. The van der Waals surface area contributed by atoms with Crippen molar-refractivity contribution in [2.45, 2.75) is 111 Å². The van der Waals surface area contributed by atoms with E-state index in [-0.39, 0.29) is 0 Å². The van der Waals surface area contributed by atoms with Crippen molar-refractivity contribution in [3.05, 3.63) is 0 Å².